The van der Waals surface area contributed by atoms with Crippen molar-refractivity contribution in [3.05, 3.63) is 61.6 Å². The van der Waals surface area contributed by atoms with Crippen LogP contribution >= 0.6 is 11.3 Å². The molecule has 42 heavy (non-hydrogen) atoms. The van der Waals surface area contributed by atoms with Gasteiger partial charge in [0.1, 0.15) is 27.8 Å². The van der Waals surface area contributed by atoms with Crippen LogP contribution in [-0.4, -0.2) is 57.8 Å². The Morgan fingerprint density at radius 2 is 1.71 bits per heavy atom. The molecule has 1 amide bonds. The number of hydrogen-bond acceptors (Lipinski definition) is 8. The van der Waals surface area contributed by atoms with E-state index in [1.54, 1.807) is 39.7 Å². The molecule has 0 N–H and O–H groups in total. The van der Waals surface area contributed by atoms with E-state index in [-0.39, 0.29) is 18.6 Å². The van der Waals surface area contributed by atoms with E-state index in [2.05, 4.69) is 0 Å². The van der Waals surface area contributed by atoms with Crippen LogP contribution in [0.25, 0.3) is 10.2 Å². The van der Waals surface area contributed by atoms with Crippen molar-refractivity contribution in [2.45, 2.75) is 91.2 Å². The molecule has 0 saturated carbocycles. The predicted molar refractivity (Wildman–Crippen MR) is 162 cm³/mol. The molecule has 10 nitrogen and oxygen atoms in total. The molecule has 1 aliphatic rings. The Morgan fingerprint density at radius 1 is 1.07 bits per heavy atom. The molecule has 1 aromatic carbocycles. The molecule has 0 spiro atoms. The summed E-state index contributed by atoms with van der Waals surface area (Å²) in [5.41, 5.74) is -2.07. The number of aromatic nitrogens is 2. The maximum atomic E-state index is 14.3. The lowest BCUT2D eigenvalue weighted by Gasteiger charge is -2.34. The first kappa shape index (κ1) is 31.5. The second-order valence-electron chi connectivity index (χ2n) is 12.3. The first-order chi connectivity index (χ1) is 19.7. The maximum absolute atomic E-state index is 14.3. The van der Waals surface area contributed by atoms with E-state index in [4.69, 9.17) is 14.2 Å². The van der Waals surface area contributed by atoms with Gasteiger partial charge in [-0.2, -0.15) is 0 Å². The zero-order chi connectivity index (χ0) is 31.0. The van der Waals surface area contributed by atoms with Crippen molar-refractivity contribution in [3.63, 3.8) is 0 Å². The molecular weight excluding hydrogens is 558 g/mol. The lowest BCUT2D eigenvalue weighted by atomic mass is 10.0. The van der Waals surface area contributed by atoms with Gasteiger partial charge in [0.05, 0.1) is 25.1 Å². The van der Waals surface area contributed by atoms with Crippen LogP contribution in [0.5, 0.6) is 5.75 Å². The standard InChI is InChI=1S/C31H41N3O7S/c1-19-18-42-27-25(19)26(36)34(31(6,7)28(37)41-30(3,4)5)29(38)33(27)17-24(22-11-9-10-12-23(22)39-8)40-21-13-15-32(16-14-21)20(2)35/h9-12,18,21,24H,13-17H2,1-8H3. The zero-order valence-corrected chi connectivity index (χ0v) is 26.5. The summed E-state index contributed by atoms with van der Waals surface area (Å²) in [5.74, 6) is -0.0351. The molecule has 2 aromatic heterocycles. The van der Waals surface area contributed by atoms with Gasteiger partial charge in [-0.25, -0.2) is 14.2 Å². The van der Waals surface area contributed by atoms with Gasteiger partial charge in [-0.1, -0.05) is 18.2 Å². The van der Waals surface area contributed by atoms with Crippen LogP contribution in [0.2, 0.25) is 0 Å². The Kier molecular flexibility index (Phi) is 9.03. The number of carbonyl (C=O) groups excluding carboxylic acids is 2. The van der Waals surface area contributed by atoms with Gasteiger partial charge in [-0.3, -0.25) is 14.2 Å². The van der Waals surface area contributed by atoms with Crippen molar-refractivity contribution in [2.75, 3.05) is 20.2 Å². The van der Waals surface area contributed by atoms with Gasteiger partial charge in [-0.15, -0.1) is 11.3 Å². The molecule has 3 aromatic rings. The number of hydrogen-bond donors (Lipinski definition) is 0. The summed E-state index contributed by atoms with van der Waals surface area (Å²) in [7, 11) is 1.58. The zero-order valence-electron chi connectivity index (χ0n) is 25.7. The highest BCUT2D eigenvalue weighted by Crippen LogP contribution is 2.33. The molecule has 0 bridgehead atoms. The van der Waals surface area contributed by atoms with Crippen LogP contribution in [-0.2, 0) is 31.1 Å². The van der Waals surface area contributed by atoms with Gasteiger partial charge >= 0.3 is 11.7 Å². The fraction of sp³-hybridized carbons (Fsp3) is 0.548. The van der Waals surface area contributed by atoms with Crippen molar-refractivity contribution < 1.29 is 23.8 Å². The molecule has 1 unspecified atom stereocenters. The van der Waals surface area contributed by atoms with Crippen molar-refractivity contribution >= 4 is 33.4 Å². The van der Waals surface area contributed by atoms with E-state index >= 15 is 0 Å². The SMILES string of the molecule is COc1ccccc1C(Cn1c(=O)n(C(C)(C)C(=O)OC(C)(C)C)c(=O)c2c(C)csc21)OC1CCN(C(C)=O)CC1. The van der Waals surface area contributed by atoms with Crippen molar-refractivity contribution in [1.29, 1.82) is 0 Å². The maximum Gasteiger partial charge on any atom is 0.333 e. The average Bonchev–Trinajstić information content (AvgIpc) is 3.31. The largest absolute Gasteiger partial charge is 0.496 e. The quantitative estimate of drug-likeness (QED) is 0.354. The number of ether oxygens (including phenoxy) is 3. The number of fused-ring (bicyclic) bond motifs is 1. The van der Waals surface area contributed by atoms with Crippen LogP contribution in [0.3, 0.4) is 0 Å². The van der Waals surface area contributed by atoms with Gasteiger partial charge in [0, 0.05) is 25.6 Å². The van der Waals surface area contributed by atoms with Gasteiger partial charge in [0.2, 0.25) is 5.91 Å². The molecule has 4 rings (SSSR count). The van der Waals surface area contributed by atoms with Crippen LogP contribution in [0, 0.1) is 6.92 Å². The summed E-state index contributed by atoms with van der Waals surface area (Å²) >= 11 is 1.31. The van der Waals surface area contributed by atoms with Crippen molar-refractivity contribution in [2.24, 2.45) is 0 Å². The Balaban J connectivity index is 1.84. The molecule has 0 aliphatic carbocycles. The number of carbonyl (C=O) groups is 2. The molecule has 1 saturated heterocycles. The number of amides is 1. The van der Waals surface area contributed by atoms with Gasteiger partial charge in [0.15, 0.2) is 0 Å². The van der Waals surface area contributed by atoms with Gasteiger partial charge in [-0.05, 0) is 71.4 Å². The number of likely N-dealkylation sites (tertiary alicyclic amines) is 1. The highest BCUT2D eigenvalue weighted by atomic mass is 32.1. The minimum absolute atomic E-state index is 0.0339. The monoisotopic (exact) mass is 599 g/mol. The van der Waals surface area contributed by atoms with Gasteiger partial charge < -0.3 is 19.1 Å². The molecule has 0 radical (unpaired) electrons. The topological polar surface area (TPSA) is 109 Å². The fourth-order valence-corrected chi connectivity index (χ4v) is 6.35. The molecule has 228 valence electrons. The lowest BCUT2D eigenvalue weighted by Crippen LogP contribution is -2.54. The Bertz CT molecular complexity index is 1590. The number of piperidine rings is 1. The second-order valence-corrected chi connectivity index (χ2v) is 13.1. The van der Waals surface area contributed by atoms with Crippen LogP contribution in [0.1, 0.15) is 71.6 Å². The average molecular weight is 600 g/mol. The number of methoxy groups -OCH3 is 1. The van der Waals surface area contributed by atoms with Gasteiger partial charge in [0.25, 0.3) is 5.56 Å². The predicted octanol–water partition coefficient (Wildman–Crippen LogP) is 4.39. The third-order valence-corrected chi connectivity index (χ3v) is 8.69. The van der Waals surface area contributed by atoms with E-state index < -0.39 is 34.5 Å². The summed E-state index contributed by atoms with van der Waals surface area (Å²) in [4.78, 5) is 55.6. The van der Waals surface area contributed by atoms with Crippen LogP contribution in [0.4, 0.5) is 0 Å². The summed E-state index contributed by atoms with van der Waals surface area (Å²) < 4.78 is 20.5. The Hall–Kier alpha value is -3.44. The summed E-state index contributed by atoms with van der Waals surface area (Å²) in [6, 6.07) is 7.48. The minimum atomic E-state index is -1.58. The third kappa shape index (κ3) is 6.32. The van der Waals surface area contributed by atoms with Crippen LogP contribution in [0.15, 0.2) is 39.2 Å². The lowest BCUT2D eigenvalue weighted by molar-refractivity contribution is -0.164. The number of rotatable bonds is 8. The van der Waals surface area contributed by atoms with Crippen molar-refractivity contribution in [1.82, 2.24) is 14.0 Å². The van der Waals surface area contributed by atoms with E-state index in [0.717, 1.165) is 10.1 Å². The minimum Gasteiger partial charge on any atom is -0.496 e. The normalized spacial score (nSPS) is 15.6. The Morgan fingerprint density at radius 3 is 2.31 bits per heavy atom. The van der Waals surface area contributed by atoms with E-state index in [0.29, 0.717) is 47.5 Å². The van der Waals surface area contributed by atoms with Crippen LogP contribution < -0.4 is 16.0 Å². The molecule has 3 heterocycles. The summed E-state index contributed by atoms with van der Waals surface area (Å²) in [5, 5.41) is 2.22. The van der Waals surface area contributed by atoms with E-state index in [9.17, 15) is 19.2 Å². The smallest absolute Gasteiger partial charge is 0.333 e. The summed E-state index contributed by atoms with van der Waals surface area (Å²) in [6.07, 6.45) is 0.530. The third-order valence-electron chi connectivity index (χ3n) is 7.58. The molecule has 1 aliphatic heterocycles. The highest BCUT2D eigenvalue weighted by Gasteiger charge is 2.39. The number of para-hydroxylation sites is 1. The summed E-state index contributed by atoms with van der Waals surface area (Å²) in [6.45, 7) is 12.9. The molecule has 11 heteroatoms. The van der Waals surface area contributed by atoms with E-state index in [1.165, 1.54) is 29.8 Å². The second kappa shape index (κ2) is 12.0. The Labute approximate surface area is 249 Å². The number of thiophene rings is 1. The first-order valence-electron chi connectivity index (χ1n) is 14.2. The molecular formula is C31H41N3O7S. The molecule has 1 atom stereocenters. The highest BCUT2D eigenvalue weighted by molar-refractivity contribution is 7.17. The fourth-order valence-electron chi connectivity index (χ4n) is 5.30. The van der Waals surface area contributed by atoms with Crippen molar-refractivity contribution in [3.8, 4) is 5.75 Å². The number of aryl methyl sites for hydroxylation is 1. The van der Waals surface area contributed by atoms with E-state index in [1.807, 2.05) is 36.6 Å². The number of esters is 1. The number of benzene rings is 1. The molecule has 1 fully saturated rings. The first-order valence-corrected chi connectivity index (χ1v) is 15.0. The number of nitrogens with zero attached hydrogens (tertiary/aromatic N) is 3.